The Labute approximate surface area is 240 Å². The van der Waals surface area contributed by atoms with Gasteiger partial charge in [0.1, 0.15) is 34.2 Å². The topological polar surface area (TPSA) is 138 Å². The van der Waals surface area contributed by atoms with Crippen molar-refractivity contribution in [3.8, 4) is 22.8 Å². The summed E-state index contributed by atoms with van der Waals surface area (Å²) in [6.07, 6.45) is 2.15. The number of esters is 1. The Morgan fingerprint density at radius 1 is 1.00 bits per heavy atom. The molecule has 1 aliphatic heterocycles. The van der Waals surface area contributed by atoms with Gasteiger partial charge in [0, 0.05) is 23.6 Å². The van der Waals surface area contributed by atoms with E-state index in [1.165, 1.54) is 28.6 Å². The first-order valence-corrected chi connectivity index (χ1v) is 15.2. The fourth-order valence-corrected chi connectivity index (χ4v) is 6.50. The van der Waals surface area contributed by atoms with Crippen LogP contribution in [-0.4, -0.2) is 46.0 Å². The molecule has 2 fully saturated rings. The number of furan rings is 1. The fraction of sp³-hybridized carbons (Fsp3) is 0.267. The van der Waals surface area contributed by atoms with Crippen molar-refractivity contribution in [2.45, 2.75) is 31.2 Å². The molecule has 1 aromatic heterocycles. The van der Waals surface area contributed by atoms with Crippen molar-refractivity contribution >= 4 is 38.7 Å². The first-order valence-electron chi connectivity index (χ1n) is 13.3. The van der Waals surface area contributed by atoms with Gasteiger partial charge in [-0.1, -0.05) is 0 Å². The molecule has 2 aliphatic rings. The second-order valence-electron chi connectivity index (χ2n) is 10.4. The van der Waals surface area contributed by atoms with Gasteiger partial charge >= 0.3 is 12.1 Å². The quantitative estimate of drug-likeness (QED) is 0.203. The summed E-state index contributed by atoms with van der Waals surface area (Å²) in [5.41, 5.74) is 7.08. The second-order valence-corrected chi connectivity index (χ2v) is 12.2. The minimum atomic E-state index is -3.69. The van der Waals surface area contributed by atoms with E-state index >= 15 is 0 Å². The molecule has 1 amide bonds. The van der Waals surface area contributed by atoms with E-state index in [9.17, 15) is 22.4 Å². The lowest BCUT2D eigenvalue weighted by molar-refractivity contribution is 0.0640. The fourth-order valence-electron chi connectivity index (χ4n) is 5.28. The number of ether oxygens (including phenoxy) is 3. The molecule has 1 saturated carbocycles. The monoisotopic (exact) mass is 594 g/mol. The number of anilines is 1. The van der Waals surface area contributed by atoms with Crippen LogP contribution in [0.4, 0.5) is 14.9 Å². The number of hydrogen-bond donors (Lipinski definition) is 1. The first kappa shape index (κ1) is 27.7. The molecular formula is C30H27FN2O8S. The molecule has 4 aromatic rings. The van der Waals surface area contributed by atoms with Crippen LogP contribution >= 0.6 is 0 Å². The van der Waals surface area contributed by atoms with Crippen LogP contribution < -0.4 is 14.8 Å². The van der Waals surface area contributed by atoms with Crippen molar-refractivity contribution in [1.82, 2.24) is 0 Å². The average molecular weight is 595 g/mol. The number of nitrogens with two attached hydrogens (primary N) is 1. The predicted octanol–water partition coefficient (Wildman–Crippen LogP) is 5.70. The number of nitrogens with zero attached hydrogens (tertiary/aromatic N) is 1. The maximum atomic E-state index is 13.2. The van der Waals surface area contributed by atoms with E-state index in [0.29, 0.717) is 41.2 Å². The lowest BCUT2D eigenvalue weighted by Crippen LogP contribution is -2.40. The molecule has 0 radical (unpaired) electrons. The van der Waals surface area contributed by atoms with Crippen molar-refractivity contribution in [2.24, 2.45) is 5.73 Å². The van der Waals surface area contributed by atoms with Crippen LogP contribution in [0.5, 0.6) is 11.5 Å². The number of amides is 1. The van der Waals surface area contributed by atoms with Crippen LogP contribution in [0.15, 0.2) is 65.1 Å². The van der Waals surface area contributed by atoms with E-state index in [2.05, 4.69) is 0 Å². The molecule has 2 heterocycles. The van der Waals surface area contributed by atoms with E-state index in [0.717, 1.165) is 24.7 Å². The number of sulfonamides is 1. The summed E-state index contributed by atoms with van der Waals surface area (Å²) < 4.78 is 62.9. The third-order valence-electron chi connectivity index (χ3n) is 7.25. The predicted molar refractivity (Wildman–Crippen MR) is 152 cm³/mol. The summed E-state index contributed by atoms with van der Waals surface area (Å²) in [7, 11) is -3.69. The molecule has 3 aromatic carbocycles. The zero-order valence-corrected chi connectivity index (χ0v) is 23.4. The van der Waals surface area contributed by atoms with E-state index in [4.69, 9.17) is 24.4 Å². The SMILES string of the molecule is CS(=O)(=O)N(c1cc2oc(-c3ccc(Oc4ccc(F)cc4)cc3)c(C(=O)OC(N)=O)c2cc1C1CC1)C1CCOC1. The van der Waals surface area contributed by atoms with Gasteiger partial charge in [0.25, 0.3) is 0 Å². The first-order chi connectivity index (χ1) is 20.1. The zero-order valence-electron chi connectivity index (χ0n) is 22.5. The molecule has 1 saturated heterocycles. The minimum absolute atomic E-state index is 0.0143. The van der Waals surface area contributed by atoms with Crippen LogP contribution in [0.1, 0.15) is 41.1 Å². The molecule has 1 atom stereocenters. The number of fused-ring (bicyclic) bond motifs is 1. The number of halogens is 1. The Bertz CT molecular complexity index is 1770. The highest BCUT2D eigenvalue weighted by molar-refractivity contribution is 7.92. The molecule has 1 unspecified atom stereocenters. The van der Waals surface area contributed by atoms with Crippen molar-refractivity contribution < 1.29 is 41.0 Å². The van der Waals surface area contributed by atoms with Gasteiger partial charge < -0.3 is 24.4 Å². The molecule has 42 heavy (non-hydrogen) atoms. The standard InChI is InChI=1S/C30H27FN2O8S/c1-42(36,37)33(20-12-13-38-16-20)25-15-26-24(14-23(25)17-2-3-17)27(29(34)41-30(32)35)28(40-26)18-4-8-21(9-5-18)39-22-10-6-19(31)7-11-22/h4-11,14-15,17,20H,2-3,12-13,16H2,1H3,(H2,32,35). The van der Waals surface area contributed by atoms with Gasteiger partial charge in [-0.2, -0.15) is 0 Å². The van der Waals surface area contributed by atoms with Gasteiger partial charge in [-0.3, -0.25) is 4.31 Å². The Hall–Kier alpha value is -4.42. The maximum absolute atomic E-state index is 13.2. The van der Waals surface area contributed by atoms with E-state index in [1.54, 1.807) is 36.4 Å². The maximum Gasteiger partial charge on any atom is 0.412 e. The van der Waals surface area contributed by atoms with Crippen LogP contribution in [0.25, 0.3) is 22.3 Å². The third-order valence-corrected chi connectivity index (χ3v) is 8.46. The van der Waals surface area contributed by atoms with Gasteiger partial charge in [-0.25, -0.2) is 22.4 Å². The molecule has 0 spiro atoms. The summed E-state index contributed by atoms with van der Waals surface area (Å²) >= 11 is 0. The van der Waals surface area contributed by atoms with Crippen LogP contribution in [-0.2, 0) is 19.5 Å². The van der Waals surface area contributed by atoms with Crippen molar-refractivity contribution in [3.05, 3.63) is 77.6 Å². The smallest absolute Gasteiger partial charge is 0.412 e. The highest BCUT2D eigenvalue weighted by atomic mass is 32.2. The summed E-state index contributed by atoms with van der Waals surface area (Å²) in [4.78, 5) is 24.7. The number of benzene rings is 3. The molecule has 218 valence electrons. The van der Waals surface area contributed by atoms with E-state index in [-0.39, 0.29) is 41.3 Å². The zero-order chi connectivity index (χ0) is 29.6. The second kappa shape index (κ2) is 10.8. The summed E-state index contributed by atoms with van der Waals surface area (Å²) in [6, 6.07) is 15.1. The Morgan fingerprint density at radius 2 is 1.67 bits per heavy atom. The highest BCUT2D eigenvalue weighted by Gasteiger charge is 2.37. The molecule has 6 rings (SSSR count). The summed E-state index contributed by atoms with van der Waals surface area (Å²) in [5, 5.41) is 0.365. The van der Waals surface area contributed by atoms with Gasteiger partial charge in [-0.15, -0.1) is 0 Å². The normalized spacial score (nSPS) is 16.9. The largest absolute Gasteiger partial charge is 0.457 e. The van der Waals surface area contributed by atoms with E-state index < -0.39 is 22.1 Å². The summed E-state index contributed by atoms with van der Waals surface area (Å²) in [6.45, 7) is 0.716. The molecule has 1 aliphatic carbocycles. The molecule has 10 nitrogen and oxygen atoms in total. The molecule has 2 N–H and O–H groups in total. The highest BCUT2D eigenvalue weighted by Crippen LogP contribution is 2.48. The van der Waals surface area contributed by atoms with Gasteiger partial charge in [-0.05, 0) is 85.3 Å². The lowest BCUT2D eigenvalue weighted by Gasteiger charge is -2.29. The van der Waals surface area contributed by atoms with Gasteiger partial charge in [0.2, 0.25) is 10.0 Å². The van der Waals surface area contributed by atoms with E-state index in [1.807, 2.05) is 0 Å². The number of primary amides is 1. The molecular weight excluding hydrogens is 567 g/mol. The Morgan fingerprint density at radius 3 is 2.24 bits per heavy atom. The lowest BCUT2D eigenvalue weighted by atomic mass is 10.0. The number of hydrogen-bond acceptors (Lipinski definition) is 8. The number of carbonyl (C=O) groups excluding carboxylic acids is 2. The minimum Gasteiger partial charge on any atom is -0.457 e. The van der Waals surface area contributed by atoms with Gasteiger partial charge in [0.15, 0.2) is 0 Å². The molecule has 0 bridgehead atoms. The van der Waals surface area contributed by atoms with Crippen molar-refractivity contribution in [1.29, 1.82) is 0 Å². The summed E-state index contributed by atoms with van der Waals surface area (Å²) in [5.74, 6) is -0.301. The van der Waals surface area contributed by atoms with Gasteiger partial charge in [0.05, 0.1) is 24.6 Å². The number of carbonyl (C=O) groups is 2. The van der Waals surface area contributed by atoms with Crippen LogP contribution in [0, 0.1) is 5.82 Å². The van der Waals surface area contributed by atoms with Crippen molar-refractivity contribution in [3.63, 3.8) is 0 Å². The molecule has 12 heteroatoms. The van der Waals surface area contributed by atoms with Crippen LogP contribution in [0.2, 0.25) is 0 Å². The Balaban J connectivity index is 1.47. The Kier molecular flexibility index (Phi) is 7.11. The van der Waals surface area contributed by atoms with Crippen molar-refractivity contribution in [2.75, 3.05) is 23.8 Å². The number of rotatable bonds is 8. The third kappa shape index (κ3) is 5.55. The van der Waals surface area contributed by atoms with Crippen LogP contribution in [0.3, 0.4) is 0 Å². The average Bonchev–Trinajstić information content (AvgIpc) is 3.51.